The van der Waals surface area contributed by atoms with Crippen LogP contribution in [0, 0.1) is 11.3 Å². The molecule has 14 heavy (non-hydrogen) atoms. The van der Waals surface area contributed by atoms with Crippen molar-refractivity contribution in [2.24, 2.45) is 11.3 Å². The van der Waals surface area contributed by atoms with Crippen LogP contribution < -0.4 is 5.32 Å². The summed E-state index contributed by atoms with van der Waals surface area (Å²) >= 11 is 7.23. The normalized spacial score (nSPS) is 18.6. The van der Waals surface area contributed by atoms with Crippen molar-refractivity contribution in [3.8, 4) is 0 Å². The van der Waals surface area contributed by atoms with E-state index in [0.29, 0.717) is 9.88 Å². The first-order valence-electron chi connectivity index (χ1n) is 4.97. The highest BCUT2D eigenvalue weighted by molar-refractivity contribution is 7.14. The molecule has 0 bridgehead atoms. The minimum absolute atomic E-state index is 0.524. The van der Waals surface area contributed by atoms with Gasteiger partial charge >= 0.3 is 0 Å². The number of nitrogens with one attached hydrogen (secondary N) is 1. The molecule has 0 atom stereocenters. The van der Waals surface area contributed by atoms with Gasteiger partial charge in [-0.15, -0.1) is 11.3 Å². The smallest absolute Gasteiger partial charge is 0.185 e. The van der Waals surface area contributed by atoms with E-state index in [1.165, 1.54) is 24.2 Å². The molecule has 0 saturated heterocycles. The first-order chi connectivity index (χ1) is 6.62. The number of hydrogen-bond acceptors (Lipinski definition) is 3. The van der Waals surface area contributed by atoms with Crippen molar-refractivity contribution in [2.45, 2.75) is 26.7 Å². The maximum Gasteiger partial charge on any atom is 0.185 e. The summed E-state index contributed by atoms with van der Waals surface area (Å²) in [6.07, 6.45) is 2.69. The van der Waals surface area contributed by atoms with Gasteiger partial charge in [0.15, 0.2) is 4.47 Å². The highest BCUT2D eigenvalue weighted by atomic mass is 35.5. The van der Waals surface area contributed by atoms with E-state index >= 15 is 0 Å². The van der Waals surface area contributed by atoms with Crippen molar-refractivity contribution in [2.75, 3.05) is 11.9 Å². The molecule has 4 heteroatoms. The van der Waals surface area contributed by atoms with Crippen LogP contribution in [-0.2, 0) is 0 Å². The molecular formula is C10H15ClN2S. The molecule has 78 valence electrons. The van der Waals surface area contributed by atoms with Crippen molar-refractivity contribution < 1.29 is 0 Å². The second kappa shape index (κ2) is 3.70. The number of hydrogen-bond donors (Lipinski definition) is 1. The van der Waals surface area contributed by atoms with Crippen LogP contribution in [0.4, 0.5) is 5.82 Å². The monoisotopic (exact) mass is 230 g/mol. The van der Waals surface area contributed by atoms with Gasteiger partial charge in [0.05, 0.1) is 0 Å². The molecule has 0 amide bonds. The fraction of sp³-hybridized carbons (Fsp3) is 0.700. The Morgan fingerprint density at radius 1 is 1.64 bits per heavy atom. The van der Waals surface area contributed by atoms with Crippen molar-refractivity contribution in [3.05, 3.63) is 9.85 Å². The first-order valence-corrected chi connectivity index (χ1v) is 6.23. The van der Waals surface area contributed by atoms with Gasteiger partial charge in [0.25, 0.3) is 0 Å². The molecule has 0 spiro atoms. The van der Waals surface area contributed by atoms with E-state index in [-0.39, 0.29) is 0 Å². The Morgan fingerprint density at radius 3 is 2.79 bits per heavy atom. The Morgan fingerprint density at radius 2 is 2.36 bits per heavy atom. The van der Waals surface area contributed by atoms with Gasteiger partial charge in [-0.2, -0.15) is 0 Å². The summed E-state index contributed by atoms with van der Waals surface area (Å²) < 4.78 is 0.613. The van der Waals surface area contributed by atoms with Crippen LogP contribution in [0.25, 0.3) is 0 Å². The Bertz CT molecular complexity index is 318. The fourth-order valence-corrected chi connectivity index (χ4v) is 2.44. The predicted molar refractivity (Wildman–Crippen MR) is 62.1 cm³/mol. The molecule has 2 rings (SSSR count). The van der Waals surface area contributed by atoms with E-state index in [0.717, 1.165) is 18.3 Å². The molecule has 1 saturated carbocycles. The van der Waals surface area contributed by atoms with Crippen molar-refractivity contribution in [1.29, 1.82) is 0 Å². The molecule has 2 nitrogen and oxygen atoms in total. The summed E-state index contributed by atoms with van der Waals surface area (Å²) in [6, 6.07) is 0. The highest BCUT2D eigenvalue weighted by Gasteiger charge is 2.44. The van der Waals surface area contributed by atoms with Gasteiger partial charge in [-0.05, 0) is 24.2 Å². The van der Waals surface area contributed by atoms with Crippen LogP contribution in [0.5, 0.6) is 0 Å². The highest BCUT2D eigenvalue weighted by Crippen LogP contribution is 2.51. The molecule has 0 aromatic carbocycles. The maximum atomic E-state index is 5.76. The summed E-state index contributed by atoms with van der Waals surface area (Å²) in [4.78, 5) is 4.17. The topological polar surface area (TPSA) is 24.9 Å². The number of nitrogens with zero attached hydrogens (tertiary/aromatic N) is 1. The lowest BCUT2D eigenvalue weighted by Crippen LogP contribution is -2.20. The average molecular weight is 231 g/mol. The minimum atomic E-state index is 0.524. The Kier molecular flexibility index (Phi) is 2.71. The van der Waals surface area contributed by atoms with Crippen LogP contribution in [0.3, 0.4) is 0 Å². The fourth-order valence-electron chi connectivity index (χ4n) is 1.72. The van der Waals surface area contributed by atoms with E-state index in [9.17, 15) is 0 Å². The van der Waals surface area contributed by atoms with E-state index in [2.05, 4.69) is 24.1 Å². The van der Waals surface area contributed by atoms with E-state index in [1.807, 2.05) is 5.38 Å². The predicted octanol–water partition coefficient (Wildman–Crippen LogP) is 3.64. The van der Waals surface area contributed by atoms with Gasteiger partial charge in [-0.25, -0.2) is 4.98 Å². The summed E-state index contributed by atoms with van der Waals surface area (Å²) in [6.45, 7) is 5.62. The van der Waals surface area contributed by atoms with Crippen LogP contribution in [0.1, 0.15) is 26.7 Å². The quantitative estimate of drug-likeness (QED) is 0.854. The third kappa shape index (κ3) is 2.04. The number of anilines is 1. The van der Waals surface area contributed by atoms with Gasteiger partial charge in [0.1, 0.15) is 5.82 Å². The molecule has 1 fully saturated rings. The van der Waals surface area contributed by atoms with Crippen LogP contribution >= 0.6 is 22.9 Å². The van der Waals surface area contributed by atoms with Gasteiger partial charge in [0.2, 0.25) is 0 Å². The molecule has 1 aliphatic carbocycles. The summed E-state index contributed by atoms with van der Waals surface area (Å²) in [5, 5.41) is 5.34. The molecule has 1 heterocycles. The van der Waals surface area contributed by atoms with Crippen molar-refractivity contribution in [1.82, 2.24) is 4.98 Å². The molecule has 0 radical (unpaired) electrons. The van der Waals surface area contributed by atoms with Gasteiger partial charge in [0, 0.05) is 11.9 Å². The van der Waals surface area contributed by atoms with Gasteiger partial charge in [-0.1, -0.05) is 25.4 Å². The molecule has 1 aromatic rings. The zero-order valence-electron chi connectivity index (χ0n) is 8.51. The SMILES string of the molecule is CC(C)C1(CNc2csc(Cl)n2)CC1. The molecule has 0 aliphatic heterocycles. The average Bonchev–Trinajstić information content (AvgIpc) is 2.82. The lowest BCUT2D eigenvalue weighted by molar-refractivity contribution is 0.380. The van der Waals surface area contributed by atoms with E-state index < -0.39 is 0 Å². The second-order valence-electron chi connectivity index (χ2n) is 4.36. The minimum Gasteiger partial charge on any atom is -0.369 e. The van der Waals surface area contributed by atoms with Crippen LogP contribution in [0.2, 0.25) is 4.47 Å². The third-order valence-corrected chi connectivity index (χ3v) is 4.19. The maximum absolute atomic E-state index is 5.76. The number of aromatic nitrogens is 1. The third-order valence-electron chi connectivity index (χ3n) is 3.21. The molecular weight excluding hydrogens is 216 g/mol. The Balaban J connectivity index is 1.89. The van der Waals surface area contributed by atoms with E-state index in [1.54, 1.807) is 0 Å². The lowest BCUT2D eigenvalue weighted by Gasteiger charge is -2.19. The van der Waals surface area contributed by atoms with Gasteiger partial charge < -0.3 is 5.32 Å². The molecule has 1 aliphatic rings. The standard InChI is InChI=1S/C10H15ClN2S/c1-7(2)10(3-4-10)6-12-8-5-14-9(11)13-8/h5,7,12H,3-4,6H2,1-2H3. The summed E-state index contributed by atoms with van der Waals surface area (Å²) in [5.41, 5.74) is 0.524. The van der Waals surface area contributed by atoms with Crippen molar-refractivity contribution in [3.63, 3.8) is 0 Å². The molecule has 1 N–H and O–H groups in total. The summed E-state index contributed by atoms with van der Waals surface area (Å²) in [7, 11) is 0. The number of thiazole rings is 1. The van der Waals surface area contributed by atoms with Gasteiger partial charge in [-0.3, -0.25) is 0 Å². The van der Waals surface area contributed by atoms with E-state index in [4.69, 9.17) is 11.6 Å². The zero-order valence-corrected chi connectivity index (χ0v) is 10.1. The Hall–Kier alpha value is -0.280. The van der Waals surface area contributed by atoms with Crippen LogP contribution in [0.15, 0.2) is 5.38 Å². The van der Waals surface area contributed by atoms with Crippen molar-refractivity contribution >= 4 is 28.8 Å². The lowest BCUT2D eigenvalue weighted by atomic mass is 9.92. The zero-order chi connectivity index (χ0) is 10.2. The largest absolute Gasteiger partial charge is 0.369 e. The number of halogens is 1. The second-order valence-corrected chi connectivity index (χ2v) is 5.80. The summed E-state index contributed by atoms with van der Waals surface area (Å²) in [5.74, 6) is 1.68. The Labute approximate surface area is 93.7 Å². The first kappa shape index (κ1) is 10.2. The van der Waals surface area contributed by atoms with Crippen LogP contribution in [-0.4, -0.2) is 11.5 Å². The molecule has 0 unspecified atom stereocenters. The number of rotatable bonds is 4. The molecule has 1 aromatic heterocycles.